The minimum atomic E-state index is -0.283. The van der Waals surface area contributed by atoms with Crippen LogP contribution in [0.2, 0.25) is 0 Å². The van der Waals surface area contributed by atoms with E-state index in [2.05, 4.69) is 4.99 Å². The summed E-state index contributed by atoms with van der Waals surface area (Å²) in [5, 5.41) is 8.82. The van der Waals surface area contributed by atoms with Crippen molar-refractivity contribution in [1.82, 2.24) is 4.68 Å². The molecule has 4 aromatic rings. The number of furan rings is 1. The van der Waals surface area contributed by atoms with Crippen molar-refractivity contribution in [3.8, 4) is 10.6 Å². The van der Waals surface area contributed by atoms with Gasteiger partial charge in [0, 0.05) is 5.38 Å². The maximum absolute atomic E-state index is 13.2. The number of benzene rings is 1. The van der Waals surface area contributed by atoms with Crippen LogP contribution in [0.4, 0.5) is 10.1 Å². The van der Waals surface area contributed by atoms with Crippen molar-refractivity contribution in [1.29, 1.82) is 0 Å². The predicted molar refractivity (Wildman–Crippen MR) is 108 cm³/mol. The van der Waals surface area contributed by atoms with Gasteiger partial charge in [0.1, 0.15) is 23.0 Å². The Kier molecular flexibility index (Phi) is 4.87. The van der Waals surface area contributed by atoms with Crippen molar-refractivity contribution in [2.75, 3.05) is 0 Å². The molecule has 0 bridgehead atoms. The van der Waals surface area contributed by atoms with Crippen LogP contribution >= 0.6 is 22.7 Å². The molecule has 0 radical (unpaired) electrons. The van der Waals surface area contributed by atoms with E-state index >= 15 is 0 Å². The second kappa shape index (κ2) is 7.46. The third kappa shape index (κ3) is 3.84. The lowest BCUT2D eigenvalue weighted by Gasteiger charge is -2.03. The van der Waals surface area contributed by atoms with Gasteiger partial charge in [-0.2, -0.15) is 5.10 Å². The van der Waals surface area contributed by atoms with Gasteiger partial charge >= 0.3 is 0 Å². The van der Waals surface area contributed by atoms with Crippen LogP contribution in [0.3, 0.4) is 0 Å². The number of aromatic nitrogens is 1. The highest BCUT2D eigenvalue weighted by atomic mass is 32.1. The maximum atomic E-state index is 13.2. The van der Waals surface area contributed by atoms with Crippen LogP contribution < -0.4 is 4.80 Å². The molecule has 136 valence electrons. The number of aryl methyl sites for hydroxylation is 1. The Morgan fingerprint density at radius 1 is 1.07 bits per heavy atom. The summed E-state index contributed by atoms with van der Waals surface area (Å²) in [6.45, 7) is 3.81. The summed E-state index contributed by atoms with van der Waals surface area (Å²) in [7, 11) is 0. The molecule has 0 aliphatic rings. The second-order valence-corrected chi connectivity index (χ2v) is 7.66. The largest absolute Gasteiger partial charge is 0.460 e. The highest BCUT2D eigenvalue weighted by molar-refractivity contribution is 7.14. The van der Waals surface area contributed by atoms with Crippen molar-refractivity contribution in [3.05, 3.63) is 81.4 Å². The third-order valence-corrected chi connectivity index (χ3v) is 5.57. The monoisotopic (exact) mass is 397 g/mol. The van der Waals surface area contributed by atoms with Crippen LogP contribution in [0.15, 0.2) is 73.8 Å². The van der Waals surface area contributed by atoms with Crippen molar-refractivity contribution in [2.24, 2.45) is 10.1 Å². The molecule has 7 heteroatoms. The highest BCUT2D eigenvalue weighted by Gasteiger charge is 2.11. The van der Waals surface area contributed by atoms with E-state index in [1.54, 1.807) is 23.5 Å². The zero-order valence-corrected chi connectivity index (χ0v) is 16.4. The fraction of sp³-hybridized carbons (Fsp3) is 0.100. The van der Waals surface area contributed by atoms with Crippen LogP contribution in [-0.2, 0) is 0 Å². The number of rotatable bonds is 4. The molecule has 0 aliphatic heterocycles. The maximum Gasteiger partial charge on any atom is 0.211 e. The van der Waals surface area contributed by atoms with Gasteiger partial charge < -0.3 is 4.42 Å². The van der Waals surface area contributed by atoms with E-state index in [1.165, 1.54) is 23.5 Å². The summed E-state index contributed by atoms with van der Waals surface area (Å²) in [6, 6.07) is 14.0. The van der Waals surface area contributed by atoms with E-state index in [9.17, 15) is 4.39 Å². The smallest absolute Gasteiger partial charge is 0.211 e. The molecule has 0 unspecified atom stereocenters. The molecule has 0 amide bonds. The lowest BCUT2D eigenvalue weighted by Crippen LogP contribution is -2.13. The van der Waals surface area contributed by atoms with Crippen LogP contribution in [0.25, 0.3) is 10.6 Å². The van der Waals surface area contributed by atoms with Crippen molar-refractivity contribution >= 4 is 34.1 Å². The molecule has 0 aliphatic carbocycles. The Balaban J connectivity index is 1.86. The normalized spacial score (nSPS) is 12.7. The van der Waals surface area contributed by atoms with Gasteiger partial charge in [-0.05, 0) is 61.7 Å². The SMILES string of the molecule is CC(=Nn1c(-c2cccs2)csc1=Nc1ccc(F)cc1)c1ccc(C)o1. The molecule has 1 aromatic carbocycles. The Hall–Kier alpha value is -2.77. The molecule has 4 nitrogen and oxygen atoms in total. The molecule has 0 fully saturated rings. The molecule has 4 rings (SSSR count). The standard InChI is InChI=1S/C20H16FN3OS2/c1-13-5-10-18(25-13)14(2)23-24-17(19-4-3-11-26-19)12-27-20(24)22-16-8-6-15(21)7-9-16/h3-12H,1-2H3. The molecule has 3 aromatic heterocycles. The molecule has 0 spiro atoms. The molecule has 0 saturated heterocycles. The summed E-state index contributed by atoms with van der Waals surface area (Å²) in [4.78, 5) is 6.44. The number of hydrogen-bond acceptors (Lipinski definition) is 5. The van der Waals surface area contributed by atoms with Gasteiger partial charge in [-0.1, -0.05) is 6.07 Å². The quantitative estimate of drug-likeness (QED) is 0.400. The number of halogens is 1. The Morgan fingerprint density at radius 3 is 2.56 bits per heavy atom. The van der Waals surface area contributed by atoms with Crippen molar-refractivity contribution in [3.63, 3.8) is 0 Å². The fourth-order valence-electron chi connectivity index (χ4n) is 2.52. The van der Waals surface area contributed by atoms with Crippen LogP contribution in [0.5, 0.6) is 0 Å². The summed E-state index contributed by atoms with van der Waals surface area (Å²) in [6.07, 6.45) is 0. The minimum absolute atomic E-state index is 0.283. The highest BCUT2D eigenvalue weighted by Crippen LogP contribution is 2.26. The second-order valence-electron chi connectivity index (χ2n) is 5.88. The number of nitrogens with zero attached hydrogens (tertiary/aromatic N) is 3. The predicted octanol–water partition coefficient (Wildman–Crippen LogP) is 5.82. The molecule has 3 heterocycles. The first-order valence-electron chi connectivity index (χ1n) is 8.27. The first-order chi connectivity index (χ1) is 13.1. The molecule has 0 N–H and O–H groups in total. The summed E-state index contributed by atoms with van der Waals surface area (Å²) < 4.78 is 20.7. The van der Waals surface area contributed by atoms with Crippen molar-refractivity contribution < 1.29 is 8.81 Å². The van der Waals surface area contributed by atoms with Crippen molar-refractivity contribution in [2.45, 2.75) is 13.8 Å². The first kappa shape index (κ1) is 17.6. The van der Waals surface area contributed by atoms with Gasteiger partial charge in [0.25, 0.3) is 0 Å². The van der Waals surface area contributed by atoms with Gasteiger partial charge in [0.05, 0.1) is 16.3 Å². The number of hydrogen-bond donors (Lipinski definition) is 0. The van der Waals surface area contributed by atoms with Crippen LogP contribution in [0, 0.1) is 12.7 Å². The lowest BCUT2D eigenvalue weighted by atomic mass is 10.3. The van der Waals surface area contributed by atoms with E-state index in [4.69, 9.17) is 9.52 Å². The molecule has 0 saturated carbocycles. The first-order valence-corrected chi connectivity index (χ1v) is 10.0. The topological polar surface area (TPSA) is 42.8 Å². The summed E-state index contributed by atoms with van der Waals surface area (Å²) >= 11 is 3.13. The van der Waals surface area contributed by atoms with Gasteiger partial charge in [0.15, 0.2) is 0 Å². The van der Waals surface area contributed by atoms with Gasteiger partial charge in [-0.25, -0.2) is 14.1 Å². The molecule has 0 atom stereocenters. The average molecular weight is 398 g/mol. The van der Waals surface area contributed by atoms with E-state index in [-0.39, 0.29) is 5.82 Å². The van der Waals surface area contributed by atoms with Gasteiger partial charge in [-0.15, -0.1) is 22.7 Å². The lowest BCUT2D eigenvalue weighted by molar-refractivity contribution is 0.524. The van der Waals surface area contributed by atoms with Crippen LogP contribution in [0.1, 0.15) is 18.4 Å². The minimum Gasteiger partial charge on any atom is -0.460 e. The third-order valence-electron chi connectivity index (χ3n) is 3.86. The van der Waals surface area contributed by atoms with E-state index in [0.29, 0.717) is 10.5 Å². The summed E-state index contributed by atoms with van der Waals surface area (Å²) in [5.74, 6) is 1.27. The van der Waals surface area contributed by atoms with E-state index < -0.39 is 0 Å². The molecular weight excluding hydrogens is 381 g/mol. The Morgan fingerprint density at radius 2 is 1.89 bits per heavy atom. The van der Waals surface area contributed by atoms with E-state index in [1.807, 2.05) is 53.5 Å². The Labute approximate surface area is 163 Å². The van der Waals surface area contributed by atoms with Gasteiger partial charge in [-0.3, -0.25) is 0 Å². The number of thiazole rings is 1. The van der Waals surface area contributed by atoms with Crippen LogP contribution in [-0.4, -0.2) is 10.4 Å². The van der Waals surface area contributed by atoms with Gasteiger partial charge in [0.2, 0.25) is 4.80 Å². The summed E-state index contributed by atoms with van der Waals surface area (Å²) in [5.41, 5.74) is 2.38. The average Bonchev–Trinajstić information content (AvgIpc) is 3.39. The Bertz CT molecular complexity index is 1150. The number of thiophene rings is 1. The zero-order valence-electron chi connectivity index (χ0n) is 14.7. The fourth-order valence-corrected chi connectivity index (χ4v) is 4.17. The van der Waals surface area contributed by atoms with E-state index in [0.717, 1.165) is 27.8 Å². The molecule has 27 heavy (non-hydrogen) atoms. The zero-order chi connectivity index (χ0) is 18.8. The molecular formula is C20H16FN3OS2.